The van der Waals surface area contributed by atoms with E-state index in [1.165, 1.54) is 7.11 Å². The maximum absolute atomic E-state index is 12.3. The van der Waals surface area contributed by atoms with Crippen LogP contribution in [0.5, 0.6) is 0 Å². The van der Waals surface area contributed by atoms with E-state index in [9.17, 15) is 9.59 Å². The number of hydrogen-bond acceptors (Lipinski definition) is 5. The van der Waals surface area contributed by atoms with Gasteiger partial charge in [-0.05, 0) is 24.7 Å². The number of piperazine rings is 1. The summed E-state index contributed by atoms with van der Waals surface area (Å²) in [6, 6.07) is 7.38. The van der Waals surface area contributed by atoms with Gasteiger partial charge in [-0.1, -0.05) is 12.1 Å². The first-order valence-electron chi connectivity index (χ1n) is 8.59. The largest absolute Gasteiger partial charge is 0.380 e. The van der Waals surface area contributed by atoms with Crippen molar-refractivity contribution in [2.45, 2.75) is 18.9 Å². The maximum atomic E-state index is 12.3. The summed E-state index contributed by atoms with van der Waals surface area (Å²) in [4.78, 5) is 28.4. The summed E-state index contributed by atoms with van der Waals surface area (Å²) in [6.07, 6.45) is 0.327. The minimum atomic E-state index is -0.277. The molecule has 0 aromatic heterocycles. The fraction of sp³-hybridized carbons (Fsp3) is 0.556. The molecular weight excluding hydrogens is 320 g/mol. The second-order valence-corrected chi connectivity index (χ2v) is 6.40. The van der Waals surface area contributed by atoms with Gasteiger partial charge in [0.1, 0.15) is 0 Å². The van der Waals surface area contributed by atoms with Crippen molar-refractivity contribution in [1.29, 1.82) is 0 Å². The molecule has 1 atom stereocenters. The Kier molecular flexibility index (Phi) is 7.36. The number of benzene rings is 1. The van der Waals surface area contributed by atoms with Crippen LogP contribution in [0.1, 0.15) is 12.0 Å². The number of nitrogens with two attached hydrogens (primary N) is 1. The van der Waals surface area contributed by atoms with Crippen molar-refractivity contribution in [3.63, 3.8) is 0 Å². The predicted molar refractivity (Wildman–Crippen MR) is 97.3 cm³/mol. The summed E-state index contributed by atoms with van der Waals surface area (Å²) in [7, 11) is 3.61. The van der Waals surface area contributed by atoms with Crippen LogP contribution in [0.15, 0.2) is 24.3 Å². The Labute approximate surface area is 149 Å². The van der Waals surface area contributed by atoms with Gasteiger partial charge in [0.25, 0.3) is 0 Å². The summed E-state index contributed by atoms with van der Waals surface area (Å²) in [5, 5.41) is 2.81. The van der Waals surface area contributed by atoms with Gasteiger partial charge in [-0.15, -0.1) is 0 Å². The molecule has 0 spiro atoms. The molecule has 25 heavy (non-hydrogen) atoms. The molecule has 1 unspecified atom stereocenters. The lowest BCUT2D eigenvalue weighted by Crippen LogP contribution is -2.47. The number of carbonyl (C=O) groups excluding carboxylic acids is 2. The quantitative estimate of drug-likeness (QED) is 0.740. The first-order valence-corrected chi connectivity index (χ1v) is 8.59. The van der Waals surface area contributed by atoms with Gasteiger partial charge in [0, 0.05) is 45.5 Å². The van der Waals surface area contributed by atoms with E-state index in [0.717, 1.165) is 31.7 Å². The number of rotatable bonds is 7. The third kappa shape index (κ3) is 6.12. The SMILES string of the molecule is COC(CN)CC(=O)Nc1ccc(CC(=O)N2CCN(C)CC2)cc1. The first kappa shape index (κ1) is 19.4. The van der Waals surface area contributed by atoms with Gasteiger partial charge in [-0.2, -0.15) is 0 Å². The second kappa shape index (κ2) is 9.50. The molecule has 0 saturated carbocycles. The zero-order valence-electron chi connectivity index (χ0n) is 15.0. The molecule has 1 aliphatic rings. The number of hydrogen-bond donors (Lipinski definition) is 2. The molecule has 1 heterocycles. The summed E-state index contributed by atoms with van der Waals surface area (Å²) in [6.45, 7) is 3.71. The van der Waals surface area contributed by atoms with Gasteiger partial charge in [0.15, 0.2) is 0 Å². The molecule has 1 aliphatic heterocycles. The van der Waals surface area contributed by atoms with Crippen LogP contribution < -0.4 is 11.1 Å². The topological polar surface area (TPSA) is 87.9 Å². The fourth-order valence-electron chi connectivity index (χ4n) is 2.73. The van der Waals surface area contributed by atoms with E-state index in [4.69, 9.17) is 10.5 Å². The predicted octanol–water partition coefficient (Wildman–Crippen LogP) is 0.305. The molecule has 1 fully saturated rings. The van der Waals surface area contributed by atoms with Crippen LogP contribution in [0.4, 0.5) is 5.69 Å². The van der Waals surface area contributed by atoms with Crippen LogP contribution >= 0.6 is 0 Å². The van der Waals surface area contributed by atoms with Crippen molar-refractivity contribution in [2.75, 3.05) is 52.2 Å². The third-order valence-electron chi connectivity index (χ3n) is 4.46. The number of ether oxygens (including phenoxy) is 1. The number of nitrogens with one attached hydrogen (secondary N) is 1. The normalized spacial score (nSPS) is 16.5. The molecule has 0 radical (unpaired) electrons. The molecule has 1 saturated heterocycles. The van der Waals surface area contributed by atoms with E-state index in [1.807, 2.05) is 29.2 Å². The van der Waals surface area contributed by atoms with Crippen LogP contribution in [0.2, 0.25) is 0 Å². The second-order valence-electron chi connectivity index (χ2n) is 6.40. The molecule has 0 aliphatic carbocycles. The monoisotopic (exact) mass is 348 g/mol. The summed E-state index contributed by atoms with van der Waals surface area (Å²) in [5.74, 6) is 0.00864. The highest BCUT2D eigenvalue weighted by Gasteiger charge is 2.19. The molecule has 2 amide bonds. The molecule has 1 aromatic rings. The number of likely N-dealkylation sites (N-methyl/N-ethyl adjacent to an activating group) is 1. The number of anilines is 1. The third-order valence-corrected chi connectivity index (χ3v) is 4.46. The first-order chi connectivity index (χ1) is 12.0. The Morgan fingerprint density at radius 2 is 1.84 bits per heavy atom. The minimum absolute atomic E-state index is 0.140. The lowest BCUT2D eigenvalue weighted by Gasteiger charge is -2.32. The van der Waals surface area contributed by atoms with Crippen LogP contribution in [-0.2, 0) is 20.7 Å². The Hall–Kier alpha value is -1.96. The molecular formula is C18H28N4O3. The van der Waals surface area contributed by atoms with E-state index < -0.39 is 0 Å². The van der Waals surface area contributed by atoms with Gasteiger partial charge in [-0.25, -0.2) is 0 Å². The number of nitrogens with zero attached hydrogens (tertiary/aromatic N) is 2. The fourth-order valence-corrected chi connectivity index (χ4v) is 2.73. The molecule has 1 aromatic carbocycles. The van der Waals surface area contributed by atoms with Gasteiger partial charge < -0.3 is 25.6 Å². The standard InChI is InChI=1S/C18H28N4O3/c1-21-7-9-22(10-8-21)18(24)11-14-3-5-15(6-4-14)20-17(23)12-16(13-19)25-2/h3-6,16H,7-13,19H2,1-2H3,(H,20,23). The maximum Gasteiger partial charge on any atom is 0.227 e. The number of amides is 2. The highest BCUT2D eigenvalue weighted by molar-refractivity contribution is 5.91. The van der Waals surface area contributed by atoms with Gasteiger partial charge in [-0.3, -0.25) is 9.59 Å². The smallest absolute Gasteiger partial charge is 0.227 e. The summed E-state index contributed by atoms with van der Waals surface area (Å²) >= 11 is 0. The van der Waals surface area contributed by atoms with E-state index in [0.29, 0.717) is 18.7 Å². The Morgan fingerprint density at radius 1 is 1.20 bits per heavy atom. The summed E-state index contributed by atoms with van der Waals surface area (Å²) in [5.41, 5.74) is 7.16. The van der Waals surface area contributed by atoms with Crippen LogP contribution in [0.3, 0.4) is 0 Å². The Balaban J connectivity index is 1.83. The Bertz CT molecular complexity index is 564. The van der Waals surface area contributed by atoms with Crippen molar-refractivity contribution in [2.24, 2.45) is 5.73 Å². The Morgan fingerprint density at radius 3 is 2.40 bits per heavy atom. The van der Waals surface area contributed by atoms with Gasteiger partial charge >= 0.3 is 0 Å². The summed E-state index contributed by atoms with van der Waals surface area (Å²) < 4.78 is 5.10. The number of methoxy groups -OCH3 is 1. The van der Waals surface area contributed by atoms with E-state index in [-0.39, 0.29) is 24.3 Å². The lowest BCUT2D eigenvalue weighted by atomic mass is 10.1. The van der Waals surface area contributed by atoms with Crippen LogP contribution in [-0.4, -0.2) is 74.6 Å². The van der Waals surface area contributed by atoms with E-state index in [2.05, 4.69) is 17.3 Å². The van der Waals surface area contributed by atoms with Crippen LogP contribution in [0.25, 0.3) is 0 Å². The van der Waals surface area contributed by atoms with Crippen molar-refractivity contribution < 1.29 is 14.3 Å². The van der Waals surface area contributed by atoms with E-state index >= 15 is 0 Å². The highest BCUT2D eigenvalue weighted by Crippen LogP contribution is 2.12. The zero-order chi connectivity index (χ0) is 18.2. The molecule has 0 bridgehead atoms. The highest BCUT2D eigenvalue weighted by atomic mass is 16.5. The van der Waals surface area contributed by atoms with Gasteiger partial charge in [0.2, 0.25) is 11.8 Å². The molecule has 7 nitrogen and oxygen atoms in total. The average Bonchev–Trinajstić information content (AvgIpc) is 2.61. The van der Waals surface area contributed by atoms with Crippen molar-refractivity contribution in [3.8, 4) is 0 Å². The molecule has 138 valence electrons. The molecule has 7 heteroatoms. The van der Waals surface area contributed by atoms with Gasteiger partial charge in [0.05, 0.1) is 18.9 Å². The van der Waals surface area contributed by atoms with Crippen molar-refractivity contribution in [1.82, 2.24) is 9.80 Å². The average molecular weight is 348 g/mol. The lowest BCUT2D eigenvalue weighted by molar-refractivity contribution is -0.132. The minimum Gasteiger partial charge on any atom is -0.380 e. The van der Waals surface area contributed by atoms with E-state index in [1.54, 1.807) is 0 Å². The molecule has 3 N–H and O–H groups in total. The van der Waals surface area contributed by atoms with Crippen LogP contribution in [0, 0.1) is 0 Å². The number of carbonyl (C=O) groups is 2. The van der Waals surface area contributed by atoms with Crippen molar-refractivity contribution in [3.05, 3.63) is 29.8 Å². The van der Waals surface area contributed by atoms with Crippen molar-refractivity contribution >= 4 is 17.5 Å². The zero-order valence-corrected chi connectivity index (χ0v) is 15.0. The molecule has 2 rings (SSSR count).